The van der Waals surface area contributed by atoms with E-state index < -0.39 is 6.10 Å². The number of rotatable bonds is 11. The molecule has 2 rings (SSSR count). The maximum atomic E-state index is 10.0. The van der Waals surface area contributed by atoms with Crippen LogP contribution in [0.15, 0.2) is 29.3 Å². The van der Waals surface area contributed by atoms with Crippen molar-refractivity contribution in [2.45, 2.75) is 52.8 Å². The average Bonchev–Trinajstić information content (AvgIpc) is 3.18. The van der Waals surface area contributed by atoms with Crippen LogP contribution < -0.4 is 10.6 Å². The summed E-state index contributed by atoms with van der Waals surface area (Å²) in [5, 5.41) is 16.5. The molecule has 0 amide bonds. The van der Waals surface area contributed by atoms with Crippen LogP contribution >= 0.6 is 24.0 Å². The Kier molecular flexibility index (Phi) is 13.5. The van der Waals surface area contributed by atoms with Gasteiger partial charge in [-0.1, -0.05) is 38.1 Å². The summed E-state index contributed by atoms with van der Waals surface area (Å²) in [6.07, 6.45) is 2.10. The third-order valence-electron chi connectivity index (χ3n) is 4.66. The first kappa shape index (κ1) is 26.1. The number of aliphatic hydroxyl groups is 1. The van der Waals surface area contributed by atoms with Crippen LogP contribution in [-0.2, 0) is 17.8 Å². The summed E-state index contributed by atoms with van der Waals surface area (Å²) >= 11 is 0. The van der Waals surface area contributed by atoms with Crippen LogP contribution in [0.3, 0.4) is 0 Å². The largest absolute Gasteiger partial charge is 0.389 e. The fourth-order valence-electron chi connectivity index (χ4n) is 3.17. The standard InChI is InChI=1S/C22H38N4O2.HI/c1-4-23-22(25-14-21(27)17-28-16-18(2)3)24-13-19-7-9-20(10-8-19)15-26-11-5-6-12-26;/h7-10,18,21,27H,4-6,11-17H2,1-3H3,(H2,23,24,25);1H. The molecule has 1 aliphatic heterocycles. The third kappa shape index (κ3) is 11.2. The number of guanidine groups is 1. The SMILES string of the molecule is CCNC(=NCc1ccc(CN2CCCC2)cc1)NCC(O)COCC(C)C.I. The molecule has 0 aromatic heterocycles. The van der Waals surface area contributed by atoms with E-state index in [1.165, 1.54) is 37.1 Å². The Labute approximate surface area is 193 Å². The van der Waals surface area contributed by atoms with Crippen molar-refractivity contribution in [1.29, 1.82) is 0 Å². The molecule has 1 heterocycles. The van der Waals surface area contributed by atoms with Gasteiger partial charge in [0, 0.05) is 26.2 Å². The second-order valence-corrected chi connectivity index (χ2v) is 7.96. The first-order chi connectivity index (χ1) is 13.6. The molecule has 1 saturated heterocycles. The van der Waals surface area contributed by atoms with Crippen molar-refractivity contribution in [3.8, 4) is 0 Å². The molecule has 0 aliphatic carbocycles. The first-order valence-electron chi connectivity index (χ1n) is 10.6. The molecule has 1 aromatic rings. The lowest BCUT2D eigenvalue weighted by Crippen LogP contribution is -2.42. The molecule has 0 bridgehead atoms. The van der Waals surface area contributed by atoms with Crippen LogP contribution in [0.4, 0.5) is 0 Å². The monoisotopic (exact) mass is 518 g/mol. The minimum absolute atomic E-state index is 0. The smallest absolute Gasteiger partial charge is 0.191 e. The van der Waals surface area contributed by atoms with E-state index >= 15 is 0 Å². The second-order valence-electron chi connectivity index (χ2n) is 7.96. The molecule has 29 heavy (non-hydrogen) atoms. The van der Waals surface area contributed by atoms with Gasteiger partial charge in [-0.15, -0.1) is 24.0 Å². The summed E-state index contributed by atoms with van der Waals surface area (Å²) in [7, 11) is 0. The van der Waals surface area contributed by atoms with Crippen molar-refractivity contribution in [1.82, 2.24) is 15.5 Å². The van der Waals surface area contributed by atoms with E-state index in [4.69, 9.17) is 4.74 Å². The summed E-state index contributed by atoms with van der Waals surface area (Å²) in [6, 6.07) is 8.73. The fourth-order valence-corrected chi connectivity index (χ4v) is 3.17. The summed E-state index contributed by atoms with van der Waals surface area (Å²) in [5.74, 6) is 1.19. The van der Waals surface area contributed by atoms with Gasteiger partial charge in [-0.05, 0) is 49.9 Å². The minimum Gasteiger partial charge on any atom is -0.389 e. The summed E-state index contributed by atoms with van der Waals surface area (Å²) in [5.41, 5.74) is 2.55. The van der Waals surface area contributed by atoms with E-state index in [0.29, 0.717) is 38.2 Å². The Balaban J connectivity index is 0.00000420. The molecule has 1 aliphatic rings. The molecule has 3 N–H and O–H groups in total. The Morgan fingerprint density at radius 2 is 1.76 bits per heavy atom. The predicted octanol–water partition coefficient (Wildman–Crippen LogP) is 2.99. The minimum atomic E-state index is -0.549. The third-order valence-corrected chi connectivity index (χ3v) is 4.66. The van der Waals surface area contributed by atoms with E-state index in [2.05, 4.69) is 58.6 Å². The zero-order chi connectivity index (χ0) is 20.2. The average molecular weight is 518 g/mol. The highest BCUT2D eigenvalue weighted by atomic mass is 127. The topological polar surface area (TPSA) is 69.1 Å². The number of nitrogens with one attached hydrogen (secondary N) is 2. The van der Waals surface area contributed by atoms with E-state index in [-0.39, 0.29) is 24.0 Å². The van der Waals surface area contributed by atoms with Crippen LogP contribution in [0.5, 0.6) is 0 Å². The highest BCUT2D eigenvalue weighted by Crippen LogP contribution is 2.13. The molecule has 6 nitrogen and oxygen atoms in total. The number of hydrogen-bond acceptors (Lipinski definition) is 4. The van der Waals surface area contributed by atoms with Gasteiger partial charge < -0.3 is 20.5 Å². The lowest BCUT2D eigenvalue weighted by atomic mass is 10.1. The second kappa shape index (κ2) is 15.0. The molecule has 166 valence electrons. The summed E-state index contributed by atoms with van der Waals surface area (Å²) < 4.78 is 5.48. The number of hydrogen-bond donors (Lipinski definition) is 3. The molecule has 1 aromatic carbocycles. The maximum Gasteiger partial charge on any atom is 0.191 e. The number of aliphatic hydroxyl groups excluding tert-OH is 1. The van der Waals surface area contributed by atoms with Gasteiger partial charge in [0.15, 0.2) is 5.96 Å². The molecule has 0 radical (unpaired) electrons. The number of nitrogens with zero attached hydrogens (tertiary/aromatic N) is 2. The number of ether oxygens (including phenoxy) is 1. The van der Waals surface area contributed by atoms with E-state index in [1.54, 1.807) is 0 Å². The lowest BCUT2D eigenvalue weighted by Gasteiger charge is -2.16. The van der Waals surface area contributed by atoms with Crippen molar-refractivity contribution in [2.24, 2.45) is 10.9 Å². The lowest BCUT2D eigenvalue weighted by molar-refractivity contribution is 0.0280. The fraction of sp³-hybridized carbons (Fsp3) is 0.682. The van der Waals surface area contributed by atoms with Gasteiger partial charge in [0.2, 0.25) is 0 Å². The van der Waals surface area contributed by atoms with Gasteiger partial charge in [-0.2, -0.15) is 0 Å². The highest BCUT2D eigenvalue weighted by Gasteiger charge is 2.11. The molecule has 1 atom stereocenters. The first-order valence-corrected chi connectivity index (χ1v) is 10.6. The molecule has 0 spiro atoms. The molecule has 0 saturated carbocycles. The Bertz CT molecular complexity index is 575. The van der Waals surface area contributed by atoms with E-state index in [0.717, 1.165) is 13.1 Å². The van der Waals surface area contributed by atoms with Gasteiger partial charge >= 0.3 is 0 Å². The maximum absolute atomic E-state index is 10.0. The number of aliphatic imine (C=N–C) groups is 1. The Morgan fingerprint density at radius 3 is 2.38 bits per heavy atom. The van der Waals surface area contributed by atoms with Crippen LogP contribution in [-0.4, -0.2) is 61.5 Å². The molecule has 1 unspecified atom stereocenters. The zero-order valence-electron chi connectivity index (χ0n) is 18.2. The number of benzene rings is 1. The number of halogens is 1. The van der Waals surface area contributed by atoms with Crippen LogP contribution in [0.1, 0.15) is 44.7 Å². The van der Waals surface area contributed by atoms with Gasteiger partial charge in [0.1, 0.15) is 0 Å². The Hall–Kier alpha value is -0.900. The van der Waals surface area contributed by atoms with Crippen molar-refractivity contribution >= 4 is 29.9 Å². The van der Waals surface area contributed by atoms with Crippen molar-refractivity contribution in [3.63, 3.8) is 0 Å². The van der Waals surface area contributed by atoms with Crippen molar-refractivity contribution in [2.75, 3.05) is 39.4 Å². The predicted molar refractivity (Wildman–Crippen MR) is 131 cm³/mol. The van der Waals surface area contributed by atoms with E-state index in [9.17, 15) is 5.11 Å². The van der Waals surface area contributed by atoms with Crippen LogP contribution in [0.2, 0.25) is 0 Å². The van der Waals surface area contributed by atoms with E-state index in [1.807, 2.05) is 6.92 Å². The Morgan fingerprint density at radius 1 is 1.10 bits per heavy atom. The molecular formula is C22H39IN4O2. The van der Waals surface area contributed by atoms with Gasteiger partial charge in [-0.25, -0.2) is 4.99 Å². The summed E-state index contributed by atoms with van der Waals surface area (Å²) in [6.45, 7) is 12.5. The van der Waals surface area contributed by atoms with Crippen LogP contribution in [0, 0.1) is 5.92 Å². The number of likely N-dealkylation sites (tertiary alicyclic amines) is 1. The summed E-state index contributed by atoms with van der Waals surface area (Å²) in [4.78, 5) is 7.14. The van der Waals surface area contributed by atoms with Gasteiger partial charge in [0.05, 0.1) is 19.3 Å². The van der Waals surface area contributed by atoms with Gasteiger partial charge in [0.25, 0.3) is 0 Å². The van der Waals surface area contributed by atoms with Gasteiger partial charge in [-0.3, -0.25) is 4.90 Å². The van der Waals surface area contributed by atoms with Crippen LogP contribution in [0.25, 0.3) is 0 Å². The highest BCUT2D eigenvalue weighted by molar-refractivity contribution is 14.0. The van der Waals surface area contributed by atoms with Crippen molar-refractivity contribution < 1.29 is 9.84 Å². The molecular weight excluding hydrogens is 479 g/mol. The van der Waals surface area contributed by atoms with Crippen molar-refractivity contribution in [3.05, 3.63) is 35.4 Å². The quantitative estimate of drug-likeness (QED) is 0.239. The zero-order valence-corrected chi connectivity index (χ0v) is 20.5. The normalized spacial score (nSPS) is 16.0. The molecule has 1 fully saturated rings. The molecule has 7 heteroatoms.